The lowest BCUT2D eigenvalue weighted by Crippen LogP contribution is -2.46. The van der Waals surface area contributed by atoms with Crippen LogP contribution in [0.4, 0.5) is 0 Å². The van der Waals surface area contributed by atoms with Crippen molar-refractivity contribution in [1.82, 2.24) is 5.32 Å². The fraction of sp³-hybridized carbons (Fsp3) is 0.588. The minimum atomic E-state index is -3.10. The summed E-state index contributed by atoms with van der Waals surface area (Å²) in [6, 6.07) is 9.48. The largest absolute Gasteiger partial charge is 0.354 e. The first-order chi connectivity index (χ1) is 10.8. The van der Waals surface area contributed by atoms with E-state index in [0.29, 0.717) is 6.54 Å². The van der Waals surface area contributed by atoms with Crippen molar-refractivity contribution >= 4 is 15.7 Å². The van der Waals surface area contributed by atoms with Crippen molar-refractivity contribution in [2.24, 2.45) is 5.73 Å². The average Bonchev–Trinajstić information content (AvgIpc) is 3.00. The lowest BCUT2D eigenvalue weighted by molar-refractivity contribution is -0.122. The normalized spacial score (nSPS) is 18.5. The number of hydrogen-bond acceptors (Lipinski definition) is 4. The molecule has 0 saturated heterocycles. The van der Waals surface area contributed by atoms with Crippen molar-refractivity contribution in [3.63, 3.8) is 0 Å². The Labute approximate surface area is 138 Å². The fourth-order valence-electron chi connectivity index (χ4n) is 3.27. The third-order valence-corrected chi connectivity index (χ3v) is 5.66. The Morgan fingerprint density at radius 2 is 1.87 bits per heavy atom. The quantitative estimate of drug-likeness (QED) is 0.786. The van der Waals surface area contributed by atoms with Crippen molar-refractivity contribution < 1.29 is 13.2 Å². The molecule has 128 valence electrons. The highest BCUT2D eigenvalue weighted by molar-refractivity contribution is 7.90. The van der Waals surface area contributed by atoms with E-state index in [1.165, 1.54) is 5.56 Å². The molecule has 2 rings (SSSR count). The van der Waals surface area contributed by atoms with Gasteiger partial charge in [0.1, 0.15) is 9.84 Å². The monoisotopic (exact) mass is 338 g/mol. The van der Waals surface area contributed by atoms with Gasteiger partial charge in [0, 0.05) is 18.2 Å². The van der Waals surface area contributed by atoms with Crippen LogP contribution in [0, 0.1) is 0 Å². The zero-order valence-corrected chi connectivity index (χ0v) is 14.4. The summed E-state index contributed by atoms with van der Waals surface area (Å²) in [5.41, 5.74) is 7.05. The van der Waals surface area contributed by atoms with E-state index in [0.717, 1.165) is 31.9 Å². The highest BCUT2D eigenvalue weighted by Gasteiger charge is 2.36. The maximum atomic E-state index is 12.2. The molecule has 1 fully saturated rings. The number of nitrogens with two attached hydrogens (primary N) is 1. The molecule has 1 saturated carbocycles. The van der Waals surface area contributed by atoms with Crippen LogP contribution < -0.4 is 11.1 Å². The van der Waals surface area contributed by atoms with Gasteiger partial charge in [0.2, 0.25) is 5.91 Å². The molecule has 0 radical (unpaired) electrons. The molecule has 1 aliphatic carbocycles. The van der Waals surface area contributed by atoms with Crippen LogP contribution in [0.2, 0.25) is 0 Å². The molecule has 1 unspecified atom stereocenters. The molecule has 0 bridgehead atoms. The van der Waals surface area contributed by atoms with Gasteiger partial charge in [0.05, 0.1) is 11.8 Å². The number of rotatable bonds is 7. The van der Waals surface area contributed by atoms with Crippen LogP contribution in [0.5, 0.6) is 0 Å². The third kappa shape index (κ3) is 5.04. The number of carbonyl (C=O) groups is 1. The standard InChI is InChI=1S/C17H26N2O3S/c1-23(21,22)12-9-15(18)16(20)19-13-17(10-5-6-11-17)14-7-3-2-4-8-14/h2-4,7-8,15H,5-6,9-13,18H2,1H3,(H,19,20). The van der Waals surface area contributed by atoms with E-state index in [4.69, 9.17) is 5.73 Å². The van der Waals surface area contributed by atoms with Crippen LogP contribution in [0.3, 0.4) is 0 Å². The second-order valence-electron chi connectivity index (χ2n) is 6.60. The number of hydrogen-bond donors (Lipinski definition) is 2. The Morgan fingerprint density at radius 1 is 1.26 bits per heavy atom. The van der Waals surface area contributed by atoms with Crippen LogP contribution in [-0.2, 0) is 20.0 Å². The number of nitrogens with one attached hydrogen (secondary N) is 1. The van der Waals surface area contributed by atoms with E-state index >= 15 is 0 Å². The molecule has 0 heterocycles. The first-order valence-corrected chi connectivity index (χ1v) is 10.2. The van der Waals surface area contributed by atoms with Gasteiger partial charge in [-0.2, -0.15) is 0 Å². The maximum absolute atomic E-state index is 12.2. The summed E-state index contributed by atoms with van der Waals surface area (Å²) in [6.45, 7) is 0.558. The Bertz CT molecular complexity index is 622. The van der Waals surface area contributed by atoms with E-state index in [9.17, 15) is 13.2 Å². The van der Waals surface area contributed by atoms with Crippen molar-refractivity contribution in [1.29, 1.82) is 0 Å². The van der Waals surface area contributed by atoms with Gasteiger partial charge in [0.25, 0.3) is 0 Å². The maximum Gasteiger partial charge on any atom is 0.236 e. The molecule has 1 amide bonds. The summed E-state index contributed by atoms with van der Waals surface area (Å²) in [5.74, 6) is -0.332. The predicted octanol–water partition coefficient (Wildman–Crippen LogP) is 1.38. The molecule has 1 aromatic carbocycles. The molecule has 1 atom stereocenters. The SMILES string of the molecule is CS(=O)(=O)CCC(N)C(=O)NCC1(c2ccccc2)CCCC1. The van der Waals surface area contributed by atoms with Crippen LogP contribution in [-0.4, -0.2) is 38.9 Å². The van der Waals surface area contributed by atoms with Gasteiger partial charge in [-0.05, 0) is 24.8 Å². The topological polar surface area (TPSA) is 89.3 Å². The molecule has 6 heteroatoms. The van der Waals surface area contributed by atoms with E-state index in [1.54, 1.807) is 0 Å². The Balaban J connectivity index is 1.96. The molecular formula is C17H26N2O3S. The second-order valence-corrected chi connectivity index (χ2v) is 8.86. The van der Waals surface area contributed by atoms with Gasteiger partial charge in [0.15, 0.2) is 0 Å². The highest BCUT2D eigenvalue weighted by Crippen LogP contribution is 2.40. The average molecular weight is 338 g/mol. The number of amides is 1. The van der Waals surface area contributed by atoms with E-state index in [2.05, 4.69) is 17.4 Å². The fourth-order valence-corrected chi connectivity index (χ4v) is 3.95. The molecule has 0 aliphatic heterocycles. The number of sulfone groups is 1. The van der Waals surface area contributed by atoms with Crippen LogP contribution in [0.1, 0.15) is 37.7 Å². The number of carbonyl (C=O) groups excluding carboxylic acids is 1. The summed E-state index contributed by atoms with van der Waals surface area (Å²) in [4.78, 5) is 12.2. The summed E-state index contributed by atoms with van der Waals surface area (Å²) < 4.78 is 22.3. The Hall–Kier alpha value is -1.40. The number of benzene rings is 1. The van der Waals surface area contributed by atoms with Gasteiger partial charge < -0.3 is 11.1 Å². The molecular weight excluding hydrogens is 312 g/mol. The predicted molar refractivity (Wildman–Crippen MR) is 91.9 cm³/mol. The minimum absolute atomic E-state index is 0.0204. The van der Waals surface area contributed by atoms with Crippen LogP contribution >= 0.6 is 0 Å². The zero-order valence-electron chi connectivity index (χ0n) is 13.6. The lowest BCUT2D eigenvalue weighted by Gasteiger charge is -2.30. The summed E-state index contributed by atoms with van der Waals surface area (Å²) in [6.07, 6.45) is 5.73. The van der Waals surface area contributed by atoms with Crippen molar-refractivity contribution in [3.05, 3.63) is 35.9 Å². The summed E-state index contributed by atoms with van der Waals surface area (Å²) in [7, 11) is -3.10. The summed E-state index contributed by atoms with van der Waals surface area (Å²) >= 11 is 0. The van der Waals surface area contributed by atoms with Gasteiger partial charge in [-0.3, -0.25) is 4.79 Å². The zero-order chi connectivity index (χ0) is 16.9. The molecule has 0 aromatic heterocycles. The molecule has 0 spiro atoms. The van der Waals surface area contributed by atoms with Gasteiger partial charge in [-0.25, -0.2) is 8.42 Å². The molecule has 1 aliphatic rings. The first kappa shape index (κ1) is 17.9. The summed E-state index contributed by atoms with van der Waals surface area (Å²) in [5, 5.41) is 2.94. The second kappa shape index (κ2) is 7.45. The minimum Gasteiger partial charge on any atom is -0.354 e. The van der Waals surface area contributed by atoms with E-state index in [1.807, 2.05) is 18.2 Å². The van der Waals surface area contributed by atoms with E-state index < -0.39 is 15.9 Å². The molecule has 1 aromatic rings. The smallest absolute Gasteiger partial charge is 0.236 e. The van der Waals surface area contributed by atoms with Crippen LogP contribution in [0.15, 0.2) is 30.3 Å². The molecule has 5 nitrogen and oxygen atoms in total. The van der Waals surface area contributed by atoms with Crippen molar-refractivity contribution in [2.75, 3.05) is 18.6 Å². The highest BCUT2D eigenvalue weighted by atomic mass is 32.2. The van der Waals surface area contributed by atoms with Crippen molar-refractivity contribution in [2.45, 2.75) is 43.6 Å². The van der Waals surface area contributed by atoms with Gasteiger partial charge in [-0.1, -0.05) is 43.2 Å². The molecule has 3 N–H and O–H groups in total. The van der Waals surface area contributed by atoms with Crippen LogP contribution in [0.25, 0.3) is 0 Å². The Kier molecular flexibility index (Phi) is 5.81. The Morgan fingerprint density at radius 3 is 2.43 bits per heavy atom. The van der Waals surface area contributed by atoms with Crippen molar-refractivity contribution in [3.8, 4) is 0 Å². The molecule has 23 heavy (non-hydrogen) atoms. The van der Waals surface area contributed by atoms with Gasteiger partial charge in [-0.15, -0.1) is 0 Å². The third-order valence-electron chi connectivity index (χ3n) is 4.68. The first-order valence-electron chi connectivity index (χ1n) is 8.09. The van der Waals surface area contributed by atoms with Gasteiger partial charge >= 0.3 is 0 Å². The van der Waals surface area contributed by atoms with E-state index in [-0.39, 0.29) is 23.5 Å². The lowest BCUT2D eigenvalue weighted by atomic mass is 9.79.